The van der Waals surface area contributed by atoms with Crippen molar-refractivity contribution < 1.29 is 9.90 Å². The van der Waals surface area contributed by atoms with Gasteiger partial charge in [0.1, 0.15) is 4.75 Å². The SMILES string of the molecule is CC(C)(C)c1cccc(-c2cc3cc(SC4(C(=O)O)CC4)ncc3[nH]2)c1. The molecule has 0 saturated heterocycles. The number of benzene rings is 1. The first-order chi connectivity index (χ1) is 12.3. The van der Waals surface area contributed by atoms with Crippen LogP contribution in [0.15, 0.2) is 47.6 Å². The molecule has 0 radical (unpaired) electrons. The van der Waals surface area contributed by atoms with Crippen LogP contribution in [0.25, 0.3) is 22.2 Å². The lowest BCUT2D eigenvalue weighted by Crippen LogP contribution is -2.17. The van der Waals surface area contributed by atoms with Crippen molar-refractivity contribution in [3.05, 3.63) is 48.2 Å². The Bertz CT molecular complexity index is 997. The molecule has 0 aliphatic heterocycles. The predicted molar refractivity (Wildman–Crippen MR) is 106 cm³/mol. The summed E-state index contributed by atoms with van der Waals surface area (Å²) in [6.45, 7) is 6.63. The second-order valence-electron chi connectivity index (χ2n) is 8.03. The topological polar surface area (TPSA) is 66.0 Å². The number of aromatic amines is 1. The van der Waals surface area contributed by atoms with Crippen molar-refractivity contribution in [3.63, 3.8) is 0 Å². The Balaban J connectivity index is 1.67. The van der Waals surface area contributed by atoms with Gasteiger partial charge in [0.05, 0.1) is 16.7 Å². The highest BCUT2D eigenvalue weighted by Gasteiger charge is 2.51. The number of fused-ring (bicyclic) bond motifs is 1. The second-order valence-corrected chi connectivity index (χ2v) is 9.43. The number of aromatic nitrogens is 2. The lowest BCUT2D eigenvalue weighted by Gasteiger charge is -2.19. The molecule has 4 nitrogen and oxygen atoms in total. The maximum atomic E-state index is 11.4. The van der Waals surface area contributed by atoms with Crippen molar-refractivity contribution in [2.24, 2.45) is 0 Å². The van der Waals surface area contributed by atoms with Crippen molar-refractivity contribution in [3.8, 4) is 11.3 Å². The third kappa shape index (κ3) is 3.12. The summed E-state index contributed by atoms with van der Waals surface area (Å²) in [6.07, 6.45) is 3.22. The molecular formula is C21H22N2O2S. The molecule has 1 aliphatic carbocycles. The molecule has 5 heteroatoms. The molecule has 1 aliphatic rings. The third-order valence-electron chi connectivity index (χ3n) is 4.91. The number of pyridine rings is 1. The van der Waals surface area contributed by atoms with Crippen LogP contribution < -0.4 is 0 Å². The van der Waals surface area contributed by atoms with Crippen molar-refractivity contribution in [1.29, 1.82) is 0 Å². The van der Waals surface area contributed by atoms with Crippen LogP contribution in [0.2, 0.25) is 0 Å². The third-order valence-corrected chi connectivity index (χ3v) is 6.32. The van der Waals surface area contributed by atoms with E-state index in [1.165, 1.54) is 17.3 Å². The number of hydrogen-bond acceptors (Lipinski definition) is 3. The number of carboxylic acids is 1. The zero-order valence-corrected chi connectivity index (χ0v) is 16.0. The molecule has 1 fully saturated rings. The van der Waals surface area contributed by atoms with Gasteiger partial charge in [-0.25, -0.2) is 4.98 Å². The van der Waals surface area contributed by atoms with E-state index in [0.29, 0.717) is 12.8 Å². The molecule has 0 amide bonds. The van der Waals surface area contributed by atoms with E-state index in [-0.39, 0.29) is 5.41 Å². The first-order valence-electron chi connectivity index (χ1n) is 8.79. The Hall–Kier alpha value is -2.27. The molecule has 3 aromatic rings. The highest BCUT2D eigenvalue weighted by molar-refractivity contribution is 8.01. The molecule has 0 atom stereocenters. The van der Waals surface area contributed by atoms with Crippen LogP contribution in [0.1, 0.15) is 39.2 Å². The molecule has 4 rings (SSSR count). The number of nitrogens with zero attached hydrogens (tertiary/aromatic N) is 1. The fourth-order valence-electron chi connectivity index (χ4n) is 3.05. The van der Waals surface area contributed by atoms with E-state index in [1.54, 1.807) is 6.20 Å². The van der Waals surface area contributed by atoms with E-state index in [2.05, 4.69) is 61.1 Å². The van der Waals surface area contributed by atoms with Gasteiger partial charge in [0.25, 0.3) is 0 Å². The first-order valence-corrected chi connectivity index (χ1v) is 9.61. The van der Waals surface area contributed by atoms with Gasteiger partial charge in [0, 0.05) is 11.1 Å². The largest absolute Gasteiger partial charge is 0.480 e. The summed E-state index contributed by atoms with van der Waals surface area (Å²) in [5.74, 6) is -0.738. The van der Waals surface area contributed by atoms with Crippen molar-refractivity contribution in [2.75, 3.05) is 0 Å². The number of carbonyl (C=O) groups is 1. The number of aliphatic carboxylic acids is 1. The van der Waals surface area contributed by atoms with Gasteiger partial charge in [-0.3, -0.25) is 4.79 Å². The number of carboxylic acid groups (broad SMARTS) is 1. The van der Waals surface area contributed by atoms with Gasteiger partial charge in [-0.1, -0.05) is 50.7 Å². The monoisotopic (exact) mass is 366 g/mol. The Morgan fingerprint density at radius 1 is 1.23 bits per heavy atom. The normalized spacial score (nSPS) is 16.0. The number of nitrogens with one attached hydrogen (secondary N) is 1. The van der Waals surface area contributed by atoms with Crippen LogP contribution in [0.3, 0.4) is 0 Å². The Kier molecular flexibility index (Phi) is 3.88. The van der Waals surface area contributed by atoms with Gasteiger partial charge < -0.3 is 10.1 Å². The summed E-state index contributed by atoms with van der Waals surface area (Å²) >= 11 is 1.37. The van der Waals surface area contributed by atoms with E-state index >= 15 is 0 Å². The van der Waals surface area contributed by atoms with E-state index in [9.17, 15) is 9.90 Å². The Morgan fingerprint density at radius 2 is 2.00 bits per heavy atom. The second kappa shape index (κ2) is 5.88. The van der Waals surface area contributed by atoms with E-state index in [4.69, 9.17) is 0 Å². The molecule has 2 aromatic heterocycles. The number of hydrogen-bond donors (Lipinski definition) is 2. The molecule has 26 heavy (non-hydrogen) atoms. The minimum atomic E-state index is -0.738. The van der Waals surface area contributed by atoms with Crippen molar-refractivity contribution in [1.82, 2.24) is 9.97 Å². The lowest BCUT2D eigenvalue weighted by atomic mass is 9.86. The smallest absolute Gasteiger partial charge is 0.320 e. The van der Waals surface area contributed by atoms with Crippen LogP contribution in [0.5, 0.6) is 0 Å². The predicted octanol–water partition coefficient (Wildman–Crippen LogP) is 5.24. The standard InChI is InChI=1S/C21H22N2O2S/c1-20(2,3)15-6-4-5-13(9-15)16-10-14-11-18(22-12-17(14)23-16)26-21(7-8-21)19(24)25/h4-6,9-12,23H,7-8H2,1-3H3,(H,24,25). The molecule has 1 saturated carbocycles. The first kappa shape index (κ1) is 17.2. The Morgan fingerprint density at radius 3 is 2.65 bits per heavy atom. The number of thioether (sulfide) groups is 1. The van der Waals surface area contributed by atoms with Gasteiger partial charge >= 0.3 is 5.97 Å². The molecule has 0 unspecified atom stereocenters. The minimum Gasteiger partial charge on any atom is -0.480 e. The maximum absolute atomic E-state index is 11.4. The molecule has 2 N–H and O–H groups in total. The molecule has 0 spiro atoms. The van der Waals surface area contributed by atoms with Gasteiger partial charge in [0.2, 0.25) is 0 Å². The highest BCUT2D eigenvalue weighted by atomic mass is 32.2. The Labute approximate surface area is 157 Å². The quantitative estimate of drug-likeness (QED) is 0.663. The van der Waals surface area contributed by atoms with E-state index in [1.807, 2.05) is 6.07 Å². The van der Waals surface area contributed by atoms with Gasteiger partial charge in [-0.15, -0.1) is 0 Å². The van der Waals surface area contributed by atoms with Crippen molar-refractivity contribution in [2.45, 2.75) is 48.8 Å². The van der Waals surface area contributed by atoms with E-state index in [0.717, 1.165) is 27.2 Å². The number of rotatable bonds is 4. The van der Waals surface area contributed by atoms with Gasteiger partial charge in [-0.2, -0.15) is 0 Å². The zero-order chi connectivity index (χ0) is 18.5. The fourth-order valence-corrected chi connectivity index (χ4v) is 4.13. The maximum Gasteiger partial charge on any atom is 0.320 e. The summed E-state index contributed by atoms with van der Waals surface area (Å²) in [4.78, 5) is 19.3. The fraction of sp³-hybridized carbons (Fsp3) is 0.333. The van der Waals surface area contributed by atoms with Crippen LogP contribution in [0, 0.1) is 0 Å². The highest BCUT2D eigenvalue weighted by Crippen LogP contribution is 2.51. The van der Waals surface area contributed by atoms with Crippen LogP contribution in [0.4, 0.5) is 0 Å². The zero-order valence-electron chi connectivity index (χ0n) is 15.2. The van der Waals surface area contributed by atoms with Crippen LogP contribution in [-0.2, 0) is 10.2 Å². The number of H-pyrrole nitrogens is 1. The molecule has 2 heterocycles. The molecular weight excluding hydrogens is 344 g/mol. The minimum absolute atomic E-state index is 0.100. The van der Waals surface area contributed by atoms with Crippen LogP contribution >= 0.6 is 11.8 Å². The van der Waals surface area contributed by atoms with Crippen molar-refractivity contribution >= 4 is 28.6 Å². The molecule has 0 bridgehead atoms. The average molecular weight is 366 g/mol. The lowest BCUT2D eigenvalue weighted by molar-refractivity contribution is -0.137. The summed E-state index contributed by atoms with van der Waals surface area (Å²) in [6, 6.07) is 12.7. The molecule has 134 valence electrons. The summed E-state index contributed by atoms with van der Waals surface area (Å²) < 4.78 is -0.666. The average Bonchev–Trinajstić information content (AvgIpc) is 3.25. The van der Waals surface area contributed by atoms with Gasteiger partial charge in [0.15, 0.2) is 0 Å². The van der Waals surface area contributed by atoms with E-state index < -0.39 is 10.7 Å². The summed E-state index contributed by atoms with van der Waals surface area (Å²) in [5, 5.41) is 11.2. The summed E-state index contributed by atoms with van der Waals surface area (Å²) in [5.41, 5.74) is 4.55. The van der Waals surface area contributed by atoms with Gasteiger partial charge in [-0.05, 0) is 47.6 Å². The van der Waals surface area contributed by atoms with Crippen LogP contribution in [-0.4, -0.2) is 25.8 Å². The summed E-state index contributed by atoms with van der Waals surface area (Å²) in [7, 11) is 0. The molecule has 1 aromatic carbocycles.